The van der Waals surface area contributed by atoms with Gasteiger partial charge in [-0.2, -0.15) is 0 Å². The average molecular weight is 527 g/mol. The van der Waals surface area contributed by atoms with Crippen LogP contribution in [-0.4, -0.2) is 67.0 Å². The number of rotatable bonds is 14. The summed E-state index contributed by atoms with van der Waals surface area (Å²) in [6.45, 7) is 7.44. The van der Waals surface area contributed by atoms with Gasteiger partial charge < -0.3 is 24.4 Å². The first kappa shape index (κ1) is 29.2. The van der Waals surface area contributed by atoms with Gasteiger partial charge in [-0.1, -0.05) is 26.7 Å². The third-order valence-corrected chi connectivity index (χ3v) is 6.92. The Balaban J connectivity index is 2.02. The van der Waals surface area contributed by atoms with Gasteiger partial charge in [0.15, 0.2) is 0 Å². The molecule has 7 nitrogen and oxygen atoms in total. The van der Waals surface area contributed by atoms with Crippen molar-refractivity contribution in [1.82, 2.24) is 9.80 Å². The predicted molar refractivity (Wildman–Crippen MR) is 146 cm³/mol. The highest BCUT2D eigenvalue weighted by Gasteiger charge is 2.47. The maximum Gasteiger partial charge on any atom is 0.295 e. The van der Waals surface area contributed by atoms with E-state index in [9.17, 15) is 19.1 Å². The molecular formula is C30H39FN2O5. The fraction of sp³-hybridized carbons (Fsp3) is 0.467. The number of aliphatic hydroxyl groups is 1. The van der Waals surface area contributed by atoms with Crippen LogP contribution in [0.25, 0.3) is 5.76 Å². The number of likely N-dealkylation sites (tertiary alicyclic amines) is 1. The second-order valence-corrected chi connectivity index (χ2v) is 9.51. The van der Waals surface area contributed by atoms with Crippen molar-refractivity contribution in [3.05, 3.63) is 65.0 Å². The van der Waals surface area contributed by atoms with Crippen LogP contribution in [0.15, 0.2) is 48.0 Å². The Hall–Kier alpha value is -3.39. The number of hydrogen-bond donors (Lipinski definition) is 1. The first-order valence-electron chi connectivity index (χ1n) is 13.3. The Bertz CT molecular complexity index is 1120. The number of Topliss-reactive ketones (excluding diaryl/α,β-unsaturated/α-hetero) is 1. The Morgan fingerprint density at radius 3 is 2.16 bits per heavy atom. The molecule has 1 aliphatic heterocycles. The number of hydrogen-bond acceptors (Lipinski definition) is 6. The molecule has 1 amide bonds. The Morgan fingerprint density at radius 2 is 1.58 bits per heavy atom. The van der Waals surface area contributed by atoms with Crippen LogP contribution in [-0.2, 0) is 9.59 Å². The normalized spacial score (nSPS) is 16.9. The summed E-state index contributed by atoms with van der Waals surface area (Å²) in [5.74, 6) is -1.30. The van der Waals surface area contributed by atoms with Gasteiger partial charge in [0.2, 0.25) is 0 Å². The van der Waals surface area contributed by atoms with Gasteiger partial charge in [-0.15, -0.1) is 0 Å². The van der Waals surface area contributed by atoms with Crippen LogP contribution in [0.4, 0.5) is 4.39 Å². The molecule has 1 aliphatic rings. The highest BCUT2D eigenvalue weighted by Crippen LogP contribution is 2.44. The van der Waals surface area contributed by atoms with Crippen molar-refractivity contribution in [1.29, 1.82) is 0 Å². The lowest BCUT2D eigenvalue weighted by Crippen LogP contribution is -2.34. The first-order valence-corrected chi connectivity index (χ1v) is 13.3. The number of amides is 1. The molecular weight excluding hydrogens is 487 g/mol. The third-order valence-electron chi connectivity index (χ3n) is 6.92. The van der Waals surface area contributed by atoms with Crippen LogP contribution in [0.5, 0.6) is 11.5 Å². The molecule has 206 valence electrons. The summed E-state index contributed by atoms with van der Waals surface area (Å²) in [5, 5.41) is 11.2. The molecule has 0 spiro atoms. The van der Waals surface area contributed by atoms with E-state index in [0.29, 0.717) is 30.0 Å². The lowest BCUT2D eigenvalue weighted by atomic mass is 9.94. The molecule has 0 saturated carbocycles. The Morgan fingerprint density at radius 1 is 0.947 bits per heavy atom. The van der Waals surface area contributed by atoms with Crippen molar-refractivity contribution in [3.8, 4) is 11.5 Å². The van der Waals surface area contributed by atoms with Crippen molar-refractivity contribution < 1.29 is 28.6 Å². The Kier molecular flexibility index (Phi) is 10.7. The number of ether oxygens (including phenoxy) is 2. The monoisotopic (exact) mass is 526 g/mol. The second-order valence-electron chi connectivity index (χ2n) is 9.51. The number of benzene rings is 2. The summed E-state index contributed by atoms with van der Waals surface area (Å²) < 4.78 is 24.6. The average Bonchev–Trinajstić information content (AvgIpc) is 3.18. The molecule has 8 heteroatoms. The quantitative estimate of drug-likeness (QED) is 0.197. The van der Waals surface area contributed by atoms with Crippen molar-refractivity contribution in [2.45, 2.75) is 52.0 Å². The highest BCUT2D eigenvalue weighted by atomic mass is 19.1. The zero-order valence-electron chi connectivity index (χ0n) is 22.8. The topological polar surface area (TPSA) is 79.3 Å². The SMILES string of the molecule is CCCCN(CCCC)CCCN1C(=O)C(=O)/C(=C(\O)c2ccc(F)cc2)C1c1cc(OC)ccc1OC. The van der Waals surface area contributed by atoms with Crippen LogP contribution >= 0.6 is 0 Å². The number of carbonyl (C=O) groups excluding carboxylic acids is 2. The van der Waals surface area contributed by atoms with Gasteiger partial charge in [0.05, 0.1) is 25.8 Å². The summed E-state index contributed by atoms with van der Waals surface area (Å²) in [6.07, 6.45) is 5.09. The molecule has 1 fully saturated rings. The van der Waals surface area contributed by atoms with Gasteiger partial charge >= 0.3 is 0 Å². The highest BCUT2D eigenvalue weighted by molar-refractivity contribution is 6.46. The smallest absolute Gasteiger partial charge is 0.295 e. The fourth-order valence-electron chi connectivity index (χ4n) is 4.81. The molecule has 2 aromatic rings. The molecule has 0 bridgehead atoms. The number of nitrogens with zero attached hydrogens (tertiary/aromatic N) is 2. The minimum absolute atomic E-state index is 0.0537. The van der Waals surface area contributed by atoms with E-state index in [4.69, 9.17) is 9.47 Å². The van der Waals surface area contributed by atoms with Crippen molar-refractivity contribution in [2.24, 2.45) is 0 Å². The van der Waals surface area contributed by atoms with Crippen molar-refractivity contribution in [2.75, 3.05) is 40.4 Å². The zero-order chi connectivity index (χ0) is 27.7. The maximum absolute atomic E-state index is 13.6. The second kappa shape index (κ2) is 14.0. The van der Waals surface area contributed by atoms with Gasteiger partial charge in [-0.05, 0) is 81.4 Å². The maximum atomic E-state index is 13.6. The predicted octanol–water partition coefficient (Wildman–Crippen LogP) is 5.56. The molecule has 1 unspecified atom stereocenters. The largest absolute Gasteiger partial charge is 0.507 e. The van der Waals surface area contributed by atoms with E-state index in [2.05, 4.69) is 18.7 Å². The van der Waals surface area contributed by atoms with Gasteiger partial charge in [-0.3, -0.25) is 9.59 Å². The van der Waals surface area contributed by atoms with Crippen LogP contribution in [0.1, 0.15) is 63.1 Å². The summed E-state index contributed by atoms with van der Waals surface area (Å²) in [7, 11) is 3.04. The minimum Gasteiger partial charge on any atom is -0.507 e. The molecule has 0 radical (unpaired) electrons. The van der Waals surface area contributed by atoms with Crippen molar-refractivity contribution >= 4 is 17.4 Å². The van der Waals surface area contributed by atoms with E-state index in [0.717, 1.165) is 45.3 Å². The van der Waals surface area contributed by atoms with Gasteiger partial charge in [0.1, 0.15) is 23.1 Å². The van der Waals surface area contributed by atoms with Crippen molar-refractivity contribution in [3.63, 3.8) is 0 Å². The summed E-state index contributed by atoms with van der Waals surface area (Å²) in [4.78, 5) is 30.6. The standard InChI is InChI=1S/C30H39FN2O5/c1-5-7-16-32(17-8-6-2)18-9-19-33-27(24-20-23(37-3)14-15-25(24)38-4)26(29(35)30(33)36)28(34)21-10-12-22(31)13-11-21/h10-15,20,27,34H,5-9,16-19H2,1-4H3/b28-26-. The van der Waals surface area contributed by atoms with Crippen LogP contribution < -0.4 is 9.47 Å². The molecule has 38 heavy (non-hydrogen) atoms. The number of unbranched alkanes of at least 4 members (excludes halogenated alkanes) is 2. The molecule has 0 aromatic heterocycles. The third kappa shape index (κ3) is 6.72. The summed E-state index contributed by atoms with van der Waals surface area (Å²) >= 11 is 0. The number of ketones is 1. The number of aliphatic hydroxyl groups excluding tert-OH is 1. The first-order chi connectivity index (χ1) is 18.4. The number of halogens is 1. The van der Waals surface area contributed by atoms with Gasteiger partial charge in [0.25, 0.3) is 11.7 Å². The van der Waals surface area contributed by atoms with Crippen LogP contribution in [0.2, 0.25) is 0 Å². The zero-order valence-corrected chi connectivity index (χ0v) is 22.8. The molecule has 1 atom stereocenters. The summed E-state index contributed by atoms with van der Waals surface area (Å²) in [5.41, 5.74) is 0.729. The minimum atomic E-state index is -0.884. The van der Waals surface area contributed by atoms with E-state index in [-0.39, 0.29) is 16.9 Å². The summed E-state index contributed by atoms with van der Waals surface area (Å²) in [6, 6.07) is 9.45. The van der Waals surface area contributed by atoms with Crippen LogP contribution in [0.3, 0.4) is 0 Å². The van der Waals surface area contributed by atoms with E-state index in [1.807, 2.05) is 0 Å². The van der Waals surface area contributed by atoms with E-state index < -0.39 is 23.5 Å². The lowest BCUT2D eigenvalue weighted by molar-refractivity contribution is -0.140. The molecule has 3 rings (SSSR count). The number of carbonyl (C=O) groups is 2. The Labute approximate surface area is 224 Å². The van der Waals surface area contributed by atoms with E-state index in [1.165, 1.54) is 43.4 Å². The molecule has 2 aromatic carbocycles. The molecule has 1 heterocycles. The molecule has 0 aliphatic carbocycles. The lowest BCUT2D eigenvalue weighted by Gasteiger charge is -2.28. The van der Waals surface area contributed by atoms with E-state index in [1.54, 1.807) is 18.2 Å². The number of methoxy groups -OCH3 is 2. The van der Waals surface area contributed by atoms with Crippen LogP contribution in [0, 0.1) is 5.82 Å². The molecule has 1 saturated heterocycles. The van der Waals surface area contributed by atoms with Gasteiger partial charge in [-0.25, -0.2) is 4.39 Å². The fourth-order valence-corrected chi connectivity index (χ4v) is 4.81. The van der Waals surface area contributed by atoms with E-state index >= 15 is 0 Å². The molecule has 1 N–H and O–H groups in total. The van der Waals surface area contributed by atoms with Gasteiger partial charge in [0, 0.05) is 17.7 Å².